The van der Waals surface area contributed by atoms with E-state index in [-0.39, 0.29) is 17.6 Å². The molecule has 7 rings (SSSR count). The first-order valence-electron chi connectivity index (χ1n) is 16.6. The zero-order chi connectivity index (χ0) is 32.5. The number of rotatable bonds is 7. The summed E-state index contributed by atoms with van der Waals surface area (Å²) in [5.41, 5.74) is 7.45. The highest BCUT2D eigenvalue weighted by Crippen LogP contribution is 2.40. The molecule has 3 heterocycles. The molecule has 0 radical (unpaired) electrons. The number of aromatic nitrogens is 4. The second kappa shape index (κ2) is 13.0. The molecule has 1 saturated heterocycles. The predicted octanol–water partition coefficient (Wildman–Crippen LogP) is 8.48. The van der Waals surface area contributed by atoms with E-state index in [1.165, 1.54) is 11.1 Å². The Morgan fingerprint density at radius 3 is 2.53 bits per heavy atom. The van der Waals surface area contributed by atoms with Gasteiger partial charge in [-0.3, -0.25) is 9.88 Å². The van der Waals surface area contributed by atoms with Crippen LogP contribution in [0.4, 0.5) is 11.4 Å². The van der Waals surface area contributed by atoms with E-state index in [1.54, 1.807) is 6.20 Å². The van der Waals surface area contributed by atoms with Crippen LogP contribution in [-0.2, 0) is 6.42 Å². The van der Waals surface area contributed by atoms with E-state index in [2.05, 4.69) is 90.2 Å². The molecule has 1 aliphatic carbocycles. The van der Waals surface area contributed by atoms with Gasteiger partial charge in [0.2, 0.25) is 0 Å². The smallest absolute Gasteiger partial charge is 0.109 e. The Hall–Kier alpha value is -4.45. The van der Waals surface area contributed by atoms with Gasteiger partial charge in [0, 0.05) is 35.2 Å². The zero-order valence-corrected chi connectivity index (χ0v) is 28.0. The van der Waals surface area contributed by atoms with Crippen molar-refractivity contribution in [2.24, 2.45) is 0 Å². The van der Waals surface area contributed by atoms with Gasteiger partial charge in [0.05, 0.1) is 46.8 Å². The molecule has 2 aromatic heterocycles. The van der Waals surface area contributed by atoms with Crippen LogP contribution < -0.4 is 10.6 Å². The summed E-state index contributed by atoms with van der Waals surface area (Å²) in [5.74, 6) is 0. The van der Waals surface area contributed by atoms with E-state index in [0.29, 0.717) is 16.6 Å². The maximum absolute atomic E-state index is 10.1. The minimum atomic E-state index is -0.291. The number of halogens is 1. The van der Waals surface area contributed by atoms with Crippen LogP contribution in [0.1, 0.15) is 92.5 Å². The average Bonchev–Trinajstić information content (AvgIpc) is 3.58. The Morgan fingerprint density at radius 2 is 1.77 bits per heavy atom. The van der Waals surface area contributed by atoms with Crippen molar-refractivity contribution in [1.82, 2.24) is 24.9 Å². The largest absolute Gasteiger partial charge is 0.377 e. The summed E-state index contributed by atoms with van der Waals surface area (Å²) in [6.07, 6.45) is 8.96. The van der Waals surface area contributed by atoms with Gasteiger partial charge in [-0.1, -0.05) is 71.4 Å². The number of hydrogen-bond acceptors (Lipinski definition) is 7. The molecule has 47 heavy (non-hydrogen) atoms. The van der Waals surface area contributed by atoms with Crippen LogP contribution in [0.3, 0.4) is 0 Å². The zero-order valence-electron chi connectivity index (χ0n) is 27.2. The highest BCUT2D eigenvalue weighted by molar-refractivity contribution is 6.32. The number of pyridine rings is 1. The number of anilines is 2. The van der Waals surface area contributed by atoms with Crippen molar-refractivity contribution in [1.29, 1.82) is 5.26 Å². The Bertz CT molecular complexity index is 1910. The molecule has 8 nitrogen and oxygen atoms in total. The first kappa shape index (κ1) is 31.2. The molecule has 1 aliphatic heterocycles. The number of likely N-dealkylation sites (tertiary alicyclic amines) is 1. The fourth-order valence-corrected chi connectivity index (χ4v) is 7.45. The second-order valence-corrected chi connectivity index (χ2v) is 14.2. The number of aryl methyl sites for hydroxylation is 1. The molecular formula is C38H41ClN8. The summed E-state index contributed by atoms with van der Waals surface area (Å²) in [5, 5.41) is 28.3. The number of benzene rings is 3. The van der Waals surface area contributed by atoms with Crippen LogP contribution in [0.25, 0.3) is 10.9 Å². The van der Waals surface area contributed by atoms with Crippen molar-refractivity contribution < 1.29 is 0 Å². The van der Waals surface area contributed by atoms with Crippen LogP contribution in [0, 0.1) is 11.3 Å². The second-order valence-electron chi connectivity index (χ2n) is 13.8. The highest BCUT2D eigenvalue weighted by Gasteiger charge is 2.29. The first-order valence-corrected chi connectivity index (χ1v) is 17.0. The minimum Gasteiger partial charge on any atom is -0.377 e. The summed E-state index contributed by atoms with van der Waals surface area (Å²) in [7, 11) is 0. The molecule has 0 saturated carbocycles. The SMILES string of the molecule is CC(C)(C)N1CCC(n2cc([C@@H](Nc3cc(Cl)cc4c(N[C@@H]5CCCc6ccccc65)c(C#N)cnc34)c3ccccc3)nn2)CC1. The number of nitriles is 1. The van der Waals surface area contributed by atoms with Gasteiger partial charge in [0.15, 0.2) is 0 Å². The van der Waals surface area contributed by atoms with Gasteiger partial charge >= 0.3 is 0 Å². The maximum atomic E-state index is 10.1. The minimum absolute atomic E-state index is 0.0930. The van der Waals surface area contributed by atoms with Gasteiger partial charge in [0.1, 0.15) is 11.8 Å². The summed E-state index contributed by atoms with van der Waals surface area (Å²) >= 11 is 6.83. The molecule has 2 atom stereocenters. The average molecular weight is 645 g/mol. The normalized spacial score (nSPS) is 18.0. The molecule has 0 unspecified atom stereocenters. The fraction of sp³-hybridized carbons (Fsp3) is 0.368. The predicted molar refractivity (Wildman–Crippen MR) is 189 cm³/mol. The molecule has 1 fully saturated rings. The van der Waals surface area contributed by atoms with Crippen molar-refractivity contribution in [3.8, 4) is 6.07 Å². The lowest BCUT2D eigenvalue weighted by atomic mass is 9.87. The van der Waals surface area contributed by atoms with Gasteiger partial charge in [-0.2, -0.15) is 5.26 Å². The lowest BCUT2D eigenvalue weighted by molar-refractivity contribution is 0.0866. The van der Waals surface area contributed by atoms with Crippen LogP contribution in [0.2, 0.25) is 5.02 Å². The quantitative estimate of drug-likeness (QED) is 0.183. The molecule has 2 N–H and O–H groups in total. The van der Waals surface area contributed by atoms with Crippen molar-refractivity contribution in [3.63, 3.8) is 0 Å². The van der Waals surface area contributed by atoms with Crippen LogP contribution in [0.15, 0.2) is 79.1 Å². The third-order valence-electron chi connectivity index (χ3n) is 9.79. The number of hydrogen-bond donors (Lipinski definition) is 2. The van der Waals surface area contributed by atoms with E-state index in [9.17, 15) is 5.26 Å². The van der Waals surface area contributed by atoms with Crippen LogP contribution in [-0.4, -0.2) is 43.5 Å². The van der Waals surface area contributed by atoms with E-state index in [1.807, 2.05) is 35.0 Å². The molecule has 3 aromatic carbocycles. The summed E-state index contributed by atoms with van der Waals surface area (Å²) in [6, 6.07) is 25.1. The number of piperidine rings is 1. The molecule has 9 heteroatoms. The molecule has 240 valence electrons. The Labute approximate surface area is 281 Å². The van der Waals surface area contributed by atoms with E-state index in [4.69, 9.17) is 21.7 Å². The Kier molecular flexibility index (Phi) is 8.61. The molecule has 0 amide bonds. The van der Waals surface area contributed by atoms with Crippen molar-refractivity contribution >= 4 is 33.9 Å². The summed E-state index contributed by atoms with van der Waals surface area (Å²) in [4.78, 5) is 7.35. The standard InChI is InChI=1S/C38H41ClN8/c1-38(2,3)46-18-16-29(17-19-46)47-24-34(44-45-47)36(26-11-5-4-6-12-26)43-33-21-28(39)20-31-35(27(22-40)23-41-37(31)33)42-32-15-9-13-25-10-7-8-14-30(25)32/h4-8,10-12,14,20-21,23-24,29,32,36,43H,9,13,15-19H2,1-3H3,(H,41,42)/t32-,36+/m1/s1. The van der Waals surface area contributed by atoms with E-state index < -0.39 is 0 Å². The third kappa shape index (κ3) is 6.43. The fourth-order valence-electron chi connectivity index (χ4n) is 7.23. The van der Waals surface area contributed by atoms with Crippen molar-refractivity contribution in [2.75, 3.05) is 23.7 Å². The monoisotopic (exact) mass is 644 g/mol. The number of nitrogens with one attached hydrogen (secondary N) is 2. The maximum Gasteiger partial charge on any atom is 0.109 e. The lowest BCUT2D eigenvalue weighted by Gasteiger charge is -2.40. The van der Waals surface area contributed by atoms with Crippen molar-refractivity contribution in [3.05, 3.63) is 112 Å². The van der Waals surface area contributed by atoms with E-state index in [0.717, 1.165) is 78.7 Å². The van der Waals surface area contributed by atoms with Gasteiger partial charge in [-0.05, 0) is 81.7 Å². The number of fused-ring (bicyclic) bond motifs is 2. The first-order chi connectivity index (χ1) is 22.8. The molecule has 5 aromatic rings. The van der Waals surface area contributed by atoms with E-state index >= 15 is 0 Å². The Morgan fingerprint density at radius 1 is 1.00 bits per heavy atom. The van der Waals surface area contributed by atoms with Crippen LogP contribution >= 0.6 is 11.6 Å². The topological polar surface area (TPSA) is 94.7 Å². The van der Waals surface area contributed by atoms with Crippen LogP contribution in [0.5, 0.6) is 0 Å². The summed E-state index contributed by atoms with van der Waals surface area (Å²) in [6.45, 7) is 8.91. The van der Waals surface area contributed by atoms with Gasteiger partial charge in [-0.15, -0.1) is 5.10 Å². The Balaban J connectivity index is 1.23. The third-order valence-corrected chi connectivity index (χ3v) is 10.0. The molecule has 2 aliphatic rings. The van der Waals surface area contributed by atoms with Gasteiger partial charge in [0.25, 0.3) is 0 Å². The summed E-state index contributed by atoms with van der Waals surface area (Å²) < 4.78 is 2.05. The molecule has 0 bridgehead atoms. The molecular weight excluding hydrogens is 604 g/mol. The molecule has 0 spiro atoms. The number of nitrogens with zero attached hydrogens (tertiary/aromatic N) is 6. The highest BCUT2D eigenvalue weighted by atomic mass is 35.5. The van der Waals surface area contributed by atoms with Gasteiger partial charge in [-0.25, -0.2) is 4.68 Å². The lowest BCUT2D eigenvalue weighted by Crippen LogP contribution is -2.46. The van der Waals surface area contributed by atoms with Gasteiger partial charge < -0.3 is 10.6 Å². The van der Waals surface area contributed by atoms with Crippen molar-refractivity contribution in [2.45, 2.75) is 76.5 Å².